The lowest BCUT2D eigenvalue weighted by molar-refractivity contribution is 0.330. The van der Waals surface area contributed by atoms with Crippen LogP contribution in [-0.2, 0) is 20.9 Å². The molecule has 0 saturated heterocycles. The lowest BCUT2D eigenvalue weighted by Crippen LogP contribution is -2.35. The van der Waals surface area contributed by atoms with Crippen molar-refractivity contribution < 1.29 is 13.0 Å². The van der Waals surface area contributed by atoms with Gasteiger partial charge in [-0.3, -0.25) is 9.55 Å². The van der Waals surface area contributed by atoms with Crippen molar-refractivity contribution in [3.8, 4) is 0 Å². The molecule has 0 saturated carbocycles. The third kappa shape index (κ3) is 3.78. The summed E-state index contributed by atoms with van der Waals surface area (Å²) >= 11 is 0. The van der Waals surface area contributed by atoms with Gasteiger partial charge >= 0.3 is 0 Å². The Balaban J connectivity index is 2.05. The number of hydrogen-bond acceptors (Lipinski definition) is 3. The molecule has 0 radical (unpaired) electrons. The van der Waals surface area contributed by atoms with Gasteiger partial charge in [-0.1, -0.05) is 33.8 Å². The third-order valence-electron chi connectivity index (χ3n) is 6.09. The molecule has 2 aromatic rings. The van der Waals surface area contributed by atoms with Gasteiger partial charge in [-0.05, 0) is 89.6 Å². The number of fused-ring (bicyclic) bond motifs is 1. The van der Waals surface area contributed by atoms with Gasteiger partial charge in [-0.15, -0.1) is 0 Å². The summed E-state index contributed by atoms with van der Waals surface area (Å²) in [6.07, 6.45) is 4.20. The molecule has 1 aliphatic rings. The number of rotatable bonds is 3. The van der Waals surface area contributed by atoms with Gasteiger partial charge in [0.15, 0.2) is 0 Å². The summed E-state index contributed by atoms with van der Waals surface area (Å²) < 4.78 is 31.5. The standard InChI is InChI=1S/C23H29NO3S/c1-15-13-20-21(23(5,6)12-11-22(20,3)4)16(2)19(15)14-24-17-7-9-18(10-8-17)28(25,26)27/h7-10,13-14H,11-12H2,1-6H3,(H,25,26,27). The van der Waals surface area contributed by atoms with Crippen molar-refractivity contribution in [2.45, 2.75) is 70.1 Å². The molecule has 0 amide bonds. The van der Waals surface area contributed by atoms with Crippen LogP contribution in [0.3, 0.4) is 0 Å². The molecule has 0 aliphatic heterocycles. The maximum absolute atomic E-state index is 11.2. The summed E-state index contributed by atoms with van der Waals surface area (Å²) in [4.78, 5) is 4.42. The summed E-state index contributed by atoms with van der Waals surface area (Å²) in [5.41, 5.74) is 7.38. The fourth-order valence-electron chi connectivity index (χ4n) is 4.33. The van der Waals surface area contributed by atoms with Gasteiger partial charge in [0.25, 0.3) is 10.1 Å². The number of hydrogen-bond donors (Lipinski definition) is 1. The molecule has 0 spiro atoms. The average molecular weight is 400 g/mol. The fourth-order valence-corrected chi connectivity index (χ4v) is 4.81. The largest absolute Gasteiger partial charge is 0.294 e. The van der Waals surface area contributed by atoms with E-state index in [1.807, 2.05) is 6.21 Å². The van der Waals surface area contributed by atoms with Crippen LogP contribution in [-0.4, -0.2) is 19.2 Å². The summed E-state index contributed by atoms with van der Waals surface area (Å²) in [7, 11) is -4.19. The number of aryl methyl sites for hydroxylation is 1. The van der Waals surface area contributed by atoms with Gasteiger partial charge in [0.05, 0.1) is 10.6 Å². The van der Waals surface area contributed by atoms with Crippen LogP contribution in [0.4, 0.5) is 5.69 Å². The molecule has 0 bridgehead atoms. The first-order valence-corrected chi connectivity index (χ1v) is 11.0. The van der Waals surface area contributed by atoms with Crippen LogP contribution in [0.1, 0.15) is 68.4 Å². The summed E-state index contributed by atoms with van der Waals surface area (Å²) in [5, 5.41) is 0. The first kappa shape index (κ1) is 20.7. The van der Waals surface area contributed by atoms with Gasteiger partial charge < -0.3 is 0 Å². The lowest BCUT2D eigenvalue weighted by atomic mass is 9.61. The van der Waals surface area contributed by atoms with Gasteiger partial charge in [0.1, 0.15) is 0 Å². The van der Waals surface area contributed by atoms with Crippen LogP contribution in [0.25, 0.3) is 0 Å². The molecule has 0 heterocycles. The molecule has 3 rings (SSSR count). The topological polar surface area (TPSA) is 66.7 Å². The van der Waals surface area contributed by atoms with Crippen LogP contribution >= 0.6 is 0 Å². The number of benzene rings is 2. The molecular weight excluding hydrogens is 370 g/mol. The Bertz CT molecular complexity index is 1050. The zero-order chi connectivity index (χ0) is 20.9. The molecule has 2 aromatic carbocycles. The van der Waals surface area contributed by atoms with Crippen molar-refractivity contribution in [3.05, 3.63) is 58.1 Å². The van der Waals surface area contributed by atoms with E-state index in [0.29, 0.717) is 5.69 Å². The van der Waals surface area contributed by atoms with E-state index in [-0.39, 0.29) is 15.7 Å². The summed E-state index contributed by atoms with van der Waals surface area (Å²) in [6, 6.07) is 8.22. The van der Waals surface area contributed by atoms with Crippen LogP contribution in [0.15, 0.2) is 40.2 Å². The minimum atomic E-state index is -4.19. The maximum atomic E-state index is 11.2. The van der Waals surface area contributed by atoms with Crippen molar-refractivity contribution in [2.24, 2.45) is 4.99 Å². The van der Waals surface area contributed by atoms with E-state index in [1.54, 1.807) is 12.1 Å². The molecule has 0 aromatic heterocycles. The number of nitrogens with zero attached hydrogens (tertiary/aromatic N) is 1. The van der Waals surface area contributed by atoms with E-state index < -0.39 is 10.1 Å². The molecule has 4 nitrogen and oxygen atoms in total. The first-order valence-electron chi connectivity index (χ1n) is 9.60. The van der Waals surface area contributed by atoms with Crippen LogP contribution < -0.4 is 0 Å². The Morgan fingerprint density at radius 2 is 1.57 bits per heavy atom. The highest BCUT2D eigenvalue weighted by Crippen LogP contribution is 2.48. The van der Waals surface area contributed by atoms with Crippen molar-refractivity contribution in [1.82, 2.24) is 0 Å². The highest BCUT2D eigenvalue weighted by molar-refractivity contribution is 7.85. The fraction of sp³-hybridized carbons (Fsp3) is 0.435. The van der Waals surface area contributed by atoms with E-state index >= 15 is 0 Å². The van der Waals surface area contributed by atoms with Crippen LogP contribution in [0.2, 0.25) is 0 Å². The zero-order valence-electron chi connectivity index (χ0n) is 17.5. The van der Waals surface area contributed by atoms with Gasteiger partial charge in [-0.25, -0.2) is 0 Å². The smallest absolute Gasteiger partial charge is 0.282 e. The molecule has 0 atom stereocenters. The van der Waals surface area contributed by atoms with E-state index in [0.717, 1.165) is 12.0 Å². The van der Waals surface area contributed by atoms with Crippen LogP contribution in [0, 0.1) is 13.8 Å². The minimum absolute atomic E-state index is 0.127. The Morgan fingerprint density at radius 3 is 2.14 bits per heavy atom. The van der Waals surface area contributed by atoms with E-state index in [9.17, 15) is 8.42 Å². The summed E-state index contributed by atoms with van der Waals surface area (Å²) in [6.45, 7) is 13.6. The van der Waals surface area contributed by atoms with Crippen molar-refractivity contribution in [1.29, 1.82) is 0 Å². The monoisotopic (exact) mass is 399 g/mol. The molecule has 1 aliphatic carbocycles. The zero-order valence-corrected chi connectivity index (χ0v) is 18.3. The van der Waals surface area contributed by atoms with Crippen molar-refractivity contribution in [2.75, 3.05) is 0 Å². The number of aliphatic imine (C=N–C) groups is 1. The minimum Gasteiger partial charge on any atom is -0.282 e. The second-order valence-electron chi connectivity index (χ2n) is 9.15. The molecule has 0 fully saturated rings. The third-order valence-corrected chi connectivity index (χ3v) is 6.96. The molecule has 1 N–H and O–H groups in total. The maximum Gasteiger partial charge on any atom is 0.294 e. The second-order valence-corrected chi connectivity index (χ2v) is 10.6. The molecule has 150 valence electrons. The highest BCUT2D eigenvalue weighted by atomic mass is 32.2. The Morgan fingerprint density at radius 1 is 1.00 bits per heavy atom. The second kappa shape index (κ2) is 6.82. The Labute approximate surface area is 168 Å². The predicted molar refractivity (Wildman–Crippen MR) is 115 cm³/mol. The van der Waals surface area contributed by atoms with E-state index in [2.05, 4.69) is 52.6 Å². The Kier molecular flexibility index (Phi) is 5.05. The molecular formula is C23H29NO3S. The first-order chi connectivity index (χ1) is 12.8. The predicted octanol–water partition coefficient (Wildman–Crippen LogP) is 5.65. The summed E-state index contributed by atoms with van der Waals surface area (Å²) in [5.74, 6) is 0. The van der Waals surface area contributed by atoms with Gasteiger partial charge in [-0.2, -0.15) is 8.42 Å². The van der Waals surface area contributed by atoms with Gasteiger partial charge in [0.2, 0.25) is 0 Å². The van der Waals surface area contributed by atoms with E-state index in [1.165, 1.54) is 40.8 Å². The normalized spacial score (nSPS) is 18.2. The average Bonchev–Trinajstić information content (AvgIpc) is 2.58. The quantitative estimate of drug-likeness (QED) is 0.536. The molecule has 0 unspecified atom stereocenters. The Hall–Kier alpha value is -1.98. The molecule has 5 heteroatoms. The van der Waals surface area contributed by atoms with Crippen molar-refractivity contribution >= 4 is 22.0 Å². The van der Waals surface area contributed by atoms with Crippen molar-refractivity contribution in [3.63, 3.8) is 0 Å². The molecule has 28 heavy (non-hydrogen) atoms. The lowest BCUT2D eigenvalue weighted by Gasteiger charge is -2.43. The van der Waals surface area contributed by atoms with Gasteiger partial charge in [0, 0.05) is 6.21 Å². The highest BCUT2D eigenvalue weighted by Gasteiger charge is 2.38. The SMILES string of the molecule is Cc1cc2c(c(C)c1C=Nc1ccc(S(=O)(=O)O)cc1)C(C)(C)CCC2(C)C. The van der Waals surface area contributed by atoms with E-state index in [4.69, 9.17) is 4.55 Å². The van der Waals surface area contributed by atoms with Crippen LogP contribution in [0.5, 0.6) is 0 Å².